The first kappa shape index (κ1) is 31.7. The van der Waals surface area contributed by atoms with E-state index >= 15 is 0 Å². The van der Waals surface area contributed by atoms with Gasteiger partial charge in [-0.2, -0.15) is 0 Å². The zero-order valence-electron chi connectivity index (χ0n) is 28.2. The maximum atomic E-state index is 5.02. The fourth-order valence-corrected chi connectivity index (χ4v) is 6.80. The van der Waals surface area contributed by atoms with Gasteiger partial charge >= 0.3 is 0 Å². The molecule has 0 amide bonds. The molecule has 0 atom stereocenters. The molecule has 0 radical (unpaired) electrons. The number of rotatable bonds is 13. The van der Waals surface area contributed by atoms with E-state index in [-0.39, 0.29) is 0 Å². The van der Waals surface area contributed by atoms with E-state index in [1.807, 2.05) is 0 Å². The average Bonchev–Trinajstić information content (AvgIpc) is 3.16. The standard InChI is InChI=1S/C44H40N6/c1-5-15-41-33(11-1)19-23-37(45-41)29-49(30-38-24-20-34-12-2-6-16-42(34)46-38)27-9-10-28-50(31-39-25-21-35-13-3-7-17-43(35)47-39)32-40-26-22-36-14-4-8-18-44(36)48-40/h1-8,11-26H,9-10,27-32H2. The number of nitrogens with zero attached hydrogens (tertiary/aromatic N) is 6. The summed E-state index contributed by atoms with van der Waals surface area (Å²) in [5.74, 6) is 0. The first-order valence-corrected chi connectivity index (χ1v) is 17.6. The van der Waals surface area contributed by atoms with Gasteiger partial charge in [0.2, 0.25) is 0 Å². The Balaban J connectivity index is 0.990. The molecule has 246 valence electrons. The molecular weight excluding hydrogens is 613 g/mol. The van der Waals surface area contributed by atoms with Crippen LogP contribution in [0.5, 0.6) is 0 Å². The van der Waals surface area contributed by atoms with Crippen molar-refractivity contribution in [3.05, 3.63) is 168 Å². The third kappa shape index (κ3) is 7.68. The second kappa shape index (κ2) is 14.9. The van der Waals surface area contributed by atoms with E-state index in [2.05, 4.69) is 155 Å². The summed E-state index contributed by atoms with van der Waals surface area (Å²) >= 11 is 0. The second-order valence-electron chi connectivity index (χ2n) is 13.1. The highest BCUT2D eigenvalue weighted by molar-refractivity contribution is 5.80. The number of hydrogen-bond donors (Lipinski definition) is 0. The van der Waals surface area contributed by atoms with Gasteiger partial charge in [0.1, 0.15) is 0 Å². The molecule has 4 heterocycles. The first-order valence-electron chi connectivity index (χ1n) is 17.6. The second-order valence-corrected chi connectivity index (χ2v) is 13.1. The van der Waals surface area contributed by atoms with Gasteiger partial charge in [0.15, 0.2) is 0 Å². The van der Waals surface area contributed by atoms with Gasteiger partial charge in [-0.3, -0.25) is 29.7 Å². The topological polar surface area (TPSA) is 58.0 Å². The largest absolute Gasteiger partial charge is 0.292 e. The number of pyridine rings is 4. The molecule has 0 aliphatic heterocycles. The van der Waals surface area contributed by atoms with Gasteiger partial charge in [-0.25, -0.2) is 0 Å². The van der Waals surface area contributed by atoms with Crippen molar-refractivity contribution in [1.29, 1.82) is 0 Å². The Morgan fingerprint density at radius 2 is 0.560 bits per heavy atom. The maximum Gasteiger partial charge on any atom is 0.0705 e. The summed E-state index contributed by atoms with van der Waals surface area (Å²) in [5.41, 5.74) is 8.46. The fraction of sp³-hybridized carbons (Fsp3) is 0.182. The smallest absolute Gasteiger partial charge is 0.0705 e. The molecule has 0 fully saturated rings. The third-order valence-electron chi connectivity index (χ3n) is 9.37. The normalized spacial score (nSPS) is 11.8. The summed E-state index contributed by atoms with van der Waals surface area (Å²) in [6.07, 6.45) is 2.10. The van der Waals surface area contributed by atoms with Crippen LogP contribution in [0.15, 0.2) is 146 Å². The van der Waals surface area contributed by atoms with Crippen LogP contribution in [0.2, 0.25) is 0 Å². The van der Waals surface area contributed by atoms with E-state index in [1.165, 1.54) is 21.5 Å². The molecule has 4 aromatic carbocycles. The monoisotopic (exact) mass is 652 g/mol. The Bertz CT molecular complexity index is 2060. The van der Waals surface area contributed by atoms with Gasteiger partial charge in [0.25, 0.3) is 0 Å². The average molecular weight is 653 g/mol. The molecule has 8 aromatic rings. The van der Waals surface area contributed by atoms with Crippen molar-refractivity contribution in [2.75, 3.05) is 13.1 Å². The number of benzene rings is 4. The van der Waals surface area contributed by atoms with Crippen LogP contribution in [-0.4, -0.2) is 42.8 Å². The first-order chi connectivity index (χ1) is 24.7. The summed E-state index contributed by atoms with van der Waals surface area (Å²) < 4.78 is 0. The number of para-hydroxylation sites is 4. The summed E-state index contributed by atoms with van der Waals surface area (Å²) in [5, 5.41) is 4.67. The molecule has 0 aliphatic carbocycles. The highest BCUT2D eigenvalue weighted by Gasteiger charge is 2.14. The van der Waals surface area contributed by atoms with Gasteiger partial charge < -0.3 is 0 Å². The van der Waals surface area contributed by atoms with Gasteiger partial charge in [-0.05, 0) is 74.5 Å². The highest BCUT2D eigenvalue weighted by Crippen LogP contribution is 2.19. The molecule has 4 aromatic heterocycles. The van der Waals surface area contributed by atoms with Gasteiger partial charge in [-0.15, -0.1) is 0 Å². The van der Waals surface area contributed by atoms with Crippen LogP contribution in [0, 0.1) is 0 Å². The third-order valence-corrected chi connectivity index (χ3v) is 9.37. The van der Waals surface area contributed by atoms with E-state index in [0.29, 0.717) is 0 Å². The Morgan fingerprint density at radius 3 is 0.840 bits per heavy atom. The SMILES string of the molecule is c1ccc2nc(CN(CCCCN(Cc3ccc4ccccc4n3)Cc3ccc4ccccc4n3)Cc3ccc4ccccc4n3)ccc2c1. The lowest BCUT2D eigenvalue weighted by molar-refractivity contribution is 0.218. The zero-order valence-corrected chi connectivity index (χ0v) is 28.2. The molecule has 0 N–H and O–H groups in total. The number of fused-ring (bicyclic) bond motifs is 4. The molecule has 0 unspecified atom stereocenters. The van der Waals surface area contributed by atoms with Crippen molar-refractivity contribution in [2.24, 2.45) is 0 Å². The molecule has 6 heteroatoms. The van der Waals surface area contributed by atoms with Gasteiger partial charge in [0.05, 0.1) is 44.8 Å². The van der Waals surface area contributed by atoms with Crippen LogP contribution in [-0.2, 0) is 26.2 Å². The molecule has 6 nitrogen and oxygen atoms in total. The molecule has 0 saturated heterocycles. The summed E-state index contributed by atoms with van der Waals surface area (Å²) in [6.45, 7) is 4.96. The van der Waals surface area contributed by atoms with E-state index < -0.39 is 0 Å². The molecule has 50 heavy (non-hydrogen) atoms. The van der Waals surface area contributed by atoms with Crippen LogP contribution in [0.4, 0.5) is 0 Å². The zero-order chi connectivity index (χ0) is 33.5. The number of aromatic nitrogens is 4. The molecule has 8 rings (SSSR count). The van der Waals surface area contributed by atoms with Gasteiger partial charge in [-0.1, -0.05) is 97.1 Å². The van der Waals surface area contributed by atoms with Crippen LogP contribution >= 0.6 is 0 Å². The van der Waals surface area contributed by atoms with Crippen molar-refractivity contribution in [3.63, 3.8) is 0 Å². The minimum absolute atomic E-state index is 0.769. The van der Waals surface area contributed by atoms with Crippen molar-refractivity contribution in [2.45, 2.75) is 39.0 Å². The lowest BCUT2D eigenvalue weighted by atomic mass is 10.1. The Labute approximate surface area is 293 Å². The van der Waals surface area contributed by atoms with E-state index in [0.717, 1.165) is 97.0 Å². The minimum atomic E-state index is 0.769. The van der Waals surface area contributed by atoms with Crippen molar-refractivity contribution in [3.8, 4) is 0 Å². The minimum Gasteiger partial charge on any atom is -0.292 e. The van der Waals surface area contributed by atoms with Crippen LogP contribution < -0.4 is 0 Å². The number of unbranched alkanes of at least 4 members (excludes halogenated alkanes) is 1. The molecular formula is C44H40N6. The molecule has 0 aliphatic rings. The van der Waals surface area contributed by atoms with E-state index in [4.69, 9.17) is 19.9 Å². The molecule has 0 saturated carbocycles. The highest BCUT2D eigenvalue weighted by atomic mass is 15.1. The quantitative estimate of drug-likeness (QED) is 0.116. The number of hydrogen-bond acceptors (Lipinski definition) is 6. The molecule has 0 bridgehead atoms. The van der Waals surface area contributed by atoms with Crippen molar-refractivity contribution >= 4 is 43.6 Å². The Morgan fingerprint density at radius 1 is 0.300 bits per heavy atom. The predicted molar refractivity (Wildman–Crippen MR) is 204 cm³/mol. The summed E-state index contributed by atoms with van der Waals surface area (Å²) in [4.78, 5) is 25.1. The molecule has 0 spiro atoms. The Kier molecular flexibility index (Phi) is 9.45. The maximum absolute atomic E-state index is 5.02. The van der Waals surface area contributed by atoms with Crippen LogP contribution in [0.25, 0.3) is 43.6 Å². The van der Waals surface area contributed by atoms with E-state index in [9.17, 15) is 0 Å². The van der Waals surface area contributed by atoms with Crippen molar-refractivity contribution in [1.82, 2.24) is 29.7 Å². The summed E-state index contributed by atoms with van der Waals surface area (Å²) in [6, 6.07) is 50.8. The lowest BCUT2D eigenvalue weighted by Gasteiger charge is -2.24. The Hall–Kier alpha value is -5.56. The lowest BCUT2D eigenvalue weighted by Crippen LogP contribution is -2.28. The van der Waals surface area contributed by atoms with Crippen LogP contribution in [0.3, 0.4) is 0 Å². The van der Waals surface area contributed by atoms with Crippen molar-refractivity contribution < 1.29 is 0 Å². The fourth-order valence-electron chi connectivity index (χ4n) is 6.80. The van der Waals surface area contributed by atoms with Crippen LogP contribution in [0.1, 0.15) is 35.6 Å². The van der Waals surface area contributed by atoms with Gasteiger partial charge in [0, 0.05) is 47.7 Å². The predicted octanol–water partition coefficient (Wildman–Crippen LogP) is 9.36. The summed E-state index contributed by atoms with van der Waals surface area (Å²) in [7, 11) is 0. The van der Waals surface area contributed by atoms with E-state index in [1.54, 1.807) is 0 Å².